The molecule has 0 radical (unpaired) electrons. The Kier molecular flexibility index (Phi) is 4.42. The standard InChI is InChI=1S/C19H23N3/c1-2-15(12-14-8-4-3-5-9-14)18-13-19(20)22-17-11-7-6-10-16(17)21-18/h3-11,15,18,21H,2,12-13H2,1H3,(H2,20,22). The molecule has 1 heterocycles. The van der Waals surface area contributed by atoms with Gasteiger partial charge in [0.25, 0.3) is 0 Å². The van der Waals surface area contributed by atoms with Crippen molar-refractivity contribution in [1.82, 2.24) is 0 Å². The Hall–Kier alpha value is -2.29. The summed E-state index contributed by atoms with van der Waals surface area (Å²) >= 11 is 0. The van der Waals surface area contributed by atoms with E-state index in [9.17, 15) is 0 Å². The molecule has 3 heteroatoms. The van der Waals surface area contributed by atoms with Crippen LogP contribution in [0.25, 0.3) is 0 Å². The highest BCUT2D eigenvalue weighted by Crippen LogP contribution is 2.31. The number of amidine groups is 1. The summed E-state index contributed by atoms with van der Waals surface area (Å²) < 4.78 is 0. The molecule has 3 N–H and O–H groups in total. The van der Waals surface area contributed by atoms with Gasteiger partial charge in [-0.2, -0.15) is 0 Å². The second-order valence-corrected chi connectivity index (χ2v) is 5.93. The first kappa shape index (κ1) is 14.6. The molecule has 3 nitrogen and oxygen atoms in total. The zero-order chi connectivity index (χ0) is 15.4. The maximum absolute atomic E-state index is 6.14. The maximum Gasteiger partial charge on any atom is 0.102 e. The van der Waals surface area contributed by atoms with Gasteiger partial charge in [0.2, 0.25) is 0 Å². The predicted octanol–water partition coefficient (Wildman–Crippen LogP) is 4.13. The van der Waals surface area contributed by atoms with Crippen molar-refractivity contribution in [2.75, 3.05) is 5.32 Å². The molecule has 2 aromatic rings. The number of benzene rings is 2. The Bertz CT molecular complexity index is 649. The molecule has 0 aliphatic carbocycles. The third kappa shape index (κ3) is 3.30. The summed E-state index contributed by atoms with van der Waals surface area (Å²) in [5, 5.41) is 3.67. The number of nitrogens with zero attached hydrogens (tertiary/aromatic N) is 1. The van der Waals surface area contributed by atoms with Crippen LogP contribution in [0, 0.1) is 5.92 Å². The normalized spacial score (nSPS) is 18.6. The van der Waals surface area contributed by atoms with Crippen molar-refractivity contribution in [2.24, 2.45) is 16.6 Å². The van der Waals surface area contributed by atoms with E-state index in [2.05, 4.69) is 53.6 Å². The van der Waals surface area contributed by atoms with E-state index in [4.69, 9.17) is 5.73 Å². The lowest BCUT2D eigenvalue weighted by molar-refractivity contribution is 0.435. The van der Waals surface area contributed by atoms with Gasteiger partial charge in [-0.15, -0.1) is 0 Å². The van der Waals surface area contributed by atoms with E-state index < -0.39 is 0 Å². The first-order valence-corrected chi connectivity index (χ1v) is 7.98. The fraction of sp³-hybridized carbons (Fsp3) is 0.316. The van der Waals surface area contributed by atoms with Crippen molar-refractivity contribution >= 4 is 17.2 Å². The summed E-state index contributed by atoms with van der Waals surface area (Å²) in [5.74, 6) is 1.25. The zero-order valence-corrected chi connectivity index (χ0v) is 13.0. The fourth-order valence-electron chi connectivity index (χ4n) is 3.14. The lowest BCUT2D eigenvalue weighted by Crippen LogP contribution is -2.33. The lowest BCUT2D eigenvalue weighted by atomic mass is 9.88. The van der Waals surface area contributed by atoms with Gasteiger partial charge in [-0.1, -0.05) is 55.8 Å². The van der Waals surface area contributed by atoms with E-state index in [1.165, 1.54) is 5.56 Å². The zero-order valence-electron chi connectivity index (χ0n) is 13.0. The van der Waals surface area contributed by atoms with Crippen molar-refractivity contribution in [3.63, 3.8) is 0 Å². The second-order valence-electron chi connectivity index (χ2n) is 5.93. The van der Waals surface area contributed by atoms with Gasteiger partial charge in [0.1, 0.15) is 5.84 Å². The summed E-state index contributed by atoms with van der Waals surface area (Å²) in [6.45, 7) is 2.25. The Morgan fingerprint density at radius 2 is 1.86 bits per heavy atom. The van der Waals surface area contributed by atoms with Crippen LogP contribution in [0.3, 0.4) is 0 Å². The third-order valence-corrected chi connectivity index (χ3v) is 4.37. The van der Waals surface area contributed by atoms with Gasteiger partial charge in [-0.05, 0) is 30.0 Å². The minimum absolute atomic E-state index is 0.317. The SMILES string of the molecule is CCC(Cc1ccccc1)C1CC(N)=Nc2ccccc2N1. The summed E-state index contributed by atoms with van der Waals surface area (Å²) in [4.78, 5) is 4.55. The molecule has 1 aliphatic heterocycles. The maximum atomic E-state index is 6.14. The number of anilines is 1. The molecule has 0 spiro atoms. The van der Waals surface area contributed by atoms with Crippen LogP contribution in [-0.4, -0.2) is 11.9 Å². The highest BCUT2D eigenvalue weighted by molar-refractivity contribution is 5.88. The number of rotatable bonds is 4. The van der Waals surface area contributed by atoms with Gasteiger partial charge in [0, 0.05) is 12.5 Å². The van der Waals surface area contributed by atoms with E-state index in [1.54, 1.807) is 0 Å². The Morgan fingerprint density at radius 3 is 2.64 bits per heavy atom. The fourth-order valence-corrected chi connectivity index (χ4v) is 3.14. The molecule has 0 fully saturated rings. The second kappa shape index (κ2) is 6.65. The van der Waals surface area contributed by atoms with E-state index >= 15 is 0 Å². The topological polar surface area (TPSA) is 50.4 Å². The van der Waals surface area contributed by atoms with E-state index in [-0.39, 0.29) is 0 Å². The molecular weight excluding hydrogens is 270 g/mol. The van der Waals surface area contributed by atoms with Crippen molar-refractivity contribution < 1.29 is 0 Å². The summed E-state index contributed by atoms with van der Waals surface area (Å²) in [6.07, 6.45) is 2.96. The molecule has 114 valence electrons. The largest absolute Gasteiger partial charge is 0.387 e. The molecule has 0 aromatic heterocycles. The lowest BCUT2D eigenvalue weighted by Gasteiger charge is -2.27. The average Bonchev–Trinajstić information content (AvgIpc) is 2.71. The van der Waals surface area contributed by atoms with Crippen LogP contribution in [0.15, 0.2) is 59.6 Å². The predicted molar refractivity (Wildman–Crippen MR) is 93.7 cm³/mol. The Labute approximate surface area is 132 Å². The average molecular weight is 293 g/mol. The molecule has 1 aliphatic rings. The molecule has 2 unspecified atom stereocenters. The Morgan fingerprint density at radius 1 is 1.14 bits per heavy atom. The molecule has 22 heavy (non-hydrogen) atoms. The summed E-state index contributed by atoms with van der Waals surface area (Å²) in [5.41, 5.74) is 9.54. The molecule has 0 saturated carbocycles. The van der Waals surface area contributed by atoms with Gasteiger partial charge < -0.3 is 11.1 Å². The highest BCUT2D eigenvalue weighted by atomic mass is 15.0. The quantitative estimate of drug-likeness (QED) is 0.890. The number of hydrogen-bond acceptors (Lipinski definition) is 3. The first-order valence-electron chi connectivity index (χ1n) is 7.98. The van der Waals surface area contributed by atoms with Crippen LogP contribution in [-0.2, 0) is 6.42 Å². The number of hydrogen-bond donors (Lipinski definition) is 2. The number of aliphatic imine (C=N–C) groups is 1. The molecule has 3 rings (SSSR count). The number of para-hydroxylation sites is 2. The molecule has 2 aromatic carbocycles. The molecule has 2 atom stereocenters. The van der Waals surface area contributed by atoms with Gasteiger partial charge in [-0.25, -0.2) is 4.99 Å². The number of nitrogens with two attached hydrogens (primary N) is 1. The van der Waals surface area contributed by atoms with E-state index in [1.807, 2.05) is 18.2 Å². The minimum atomic E-state index is 0.317. The van der Waals surface area contributed by atoms with E-state index in [0.29, 0.717) is 17.8 Å². The molecule has 0 amide bonds. The van der Waals surface area contributed by atoms with Crippen LogP contribution >= 0.6 is 0 Å². The first-order chi connectivity index (χ1) is 10.8. The van der Waals surface area contributed by atoms with Crippen LogP contribution in [0.1, 0.15) is 25.3 Å². The summed E-state index contributed by atoms with van der Waals surface area (Å²) in [6, 6.07) is 19.1. The number of fused-ring (bicyclic) bond motifs is 1. The van der Waals surface area contributed by atoms with Crippen molar-refractivity contribution in [3.05, 3.63) is 60.2 Å². The Balaban J connectivity index is 1.82. The molecule has 0 saturated heterocycles. The van der Waals surface area contributed by atoms with Crippen LogP contribution in [0.5, 0.6) is 0 Å². The smallest absolute Gasteiger partial charge is 0.102 e. The van der Waals surface area contributed by atoms with Gasteiger partial charge in [0.05, 0.1) is 11.4 Å². The van der Waals surface area contributed by atoms with Crippen LogP contribution < -0.4 is 11.1 Å². The monoisotopic (exact) mass is 293 g/mol. The minimum Gasteiger partial charge on any atom is -0.387 e. The van der Waals surface area contributed by atoms with Gasteiger partial charge in [0.15, 0.2) is 0 Å². The van der Waals surface area contributed by atoms with E-state index in [0.717, 1.165) is 30.6 Å². The van der Waals surface area contributed by atoms with Crippen molar-refractivity contribution in [1.29, 1.82) is 0 Å². The number of nitrogens with one attached hydrogen (secondary N) is 1. The highest BCUT2D eigenvalue weighted by Gasteiger charge is 2.24. The summed E-state index contributed by atoms with van der Waals surface area (Å²) in [7, 11) is 0. The van der Waals surface area contributed by atoms with Gasteiger partial charge >= 0.3 is 0 Å². The van der Waals surface area contributed by atoms with Crippen LogP contribution in [0.2, 0.25) is 0 Å². The molecule has 0 bridgehead atoms. The van der Waals surface area contributed by atoms with Gasteiger partial charge in [-0.3, -0.25) is 0 Å². The van der Waals surface area contributed by atoms with Crippen molar-refractivity contribution in [3.8, 4) is 0 Å². The van der Waals surface area contributed by atoms with Crippen LogP contribution in [0.4, 0.5) is 11.4 Å². The molecular formula is C19H23N3. The van der Waals surface area contributed by atoms with Crippen molar-refractivity contribution in [2.45, 2.75) is 32.2 Å². The third-order valence-electron chi connectivity index (χ3n) is 4.37.